The number of likely N-dealkylation sites (tertiary alicyclic amines) is 1. The Morgan fingerprint density at radius 1 is 1.03 bits per heavy atom. The van der Waals surface area contributed by atoms with Crippen LogP contribution in [0, 0.1) is 12.7 Å². The van der Waals surface area contributed by atoms with Crippen LogP contribution >= 0.6 is 22.9 Å². The summed E-state index contributed by atoms with van der Waals surface area (Å²) in [5.41, 5.74) is 1.41. The van der Waals surface area contributed by atoms with Crippen molar-refractivity contribution in [1.29, 1.82) is 0 Å². The van der Waals surface area contributed by atoms with Gasteiger partial charge in [0, 0.05) is 40.1 Å². The summed E-state index contributed by atoms with van der Waals surface area (Å²) in [4.78, 5) is 34.8. The second-order valence-electron chi connectivity index (χ2n) is 9.30. The lowest BCUT2D eigenvalue weighted by molar-refractivity contribution is -0.133. The molecule has 6 nitrogen and oxygen atoms in total. The van der Waals surface area contributed by atoms with E-state index in [-0.39, 0.29) is 24.3 Å². The van der Waals surface area contributed by atoms with Crippen molar-refractivity contribution >= 4 is 40.6 Å². The average Bonchev–Trinajstić information content (AvgIpc) is 3.54. The molecule has 0 radical (unpaired) electrons. The molecule has 1 fully saturated rings. The van der Waals surface area contributed by atoms with Crippen molar-refractivity contribution in [2.45, 2.75) is 32.9 Å². The lowest BCUT2D eigenvalue weighted by atomic mass is 10.2. The Kier molecular flexibility index (Phi) is 9.55. The molecule has 196 valence electrons. The number of benzene rings is 2. The van der Waals surface area contributed by atoms with Crippen LogP contribution in [0.1, 0.15) is 28.2 Å². The zero-order valence-electron chi connectivity index (χ0n) is 21.0. The van der Waals surface area contributed by atoms with Gasteiger partial charge < -0.3 is 20.0 Å². The Bertz CT molecular complexity index is 1200. The molecule has 1 aliphatic heterocycles. The van der Waals surface area contributed by atoms with Gasteiger partial charge >= 0.3 is 6.03 Å². The van der Waals surface area contributed by atoms with E-state index >= 15 is 0 Å². The monoisotopic (exact) mass is 542 g/mol. The first-order valence-electron chi connectivity index (χ1n) is 12.5. The predicted octanol–water partition coefficient (Wildman–Crippen LogP) is 6.01. The van der Waals surface area contributed by atoms with Crippen molar-refractivity contribution in [2.24, 2.45) is 0 Å². The molecule has 0 atom stereocenters. The van der Waals surface area contributed by atoms with Crippen LogP contribution in [-0.2, 0) is 17.9 Å². The summed E-state index contributed by atoms with van der Waals surface area (Å²) in [7, 11) is 0. The number of anilines is 1. The highest BCUT2D eigenvalue weighted by atomic mass is 35.5. The minimum Gasteiger partial charge on any atom is -0.332 e. The molecule has 1 aromatic heterocycles. The number of carbonyl (C=O) groups is 2. The van der Waals surface area contributed by atoms with E-state index in [1.807, 2.05) is 19.1 Å². The quantitative estimate of drug-likeness (QED) is 0.341. The molecule has 1 saturated heterocycles. The number of amides is 3. The Morgan fingerprint density at radius 3 is 2.46 bits per heavy atom. The Hall–Kier alpha value is -2.94. The van der Waals surface area contributed by atoms with Crippen molar-refractivity contribution < 1.29 is 14.0 Å². The smallest absolute Gasteiger partial charge is 0.322 e. The predicted molar refractivity (Wildman–Crippen MR) is 147 cm³/mol. The lowest BCUT2D eigenvalue weighted by Gasteiger charge is -2.29. The highest BCUT2D eigenvalue weighted by Crippen LogP contribution is 2.20. The molecule has 0 aliphatic carbocycles. The van der Waals surface area contributed by atoms with E-state index in [1.54, 1.807) is 57.5 Å². The van der Waals surface area contributed by atoms with Gasteiger partial charge in [0.15, 0.2) is 0 Å². The third kappa shape index (κ3) is 8.28. The fraction of sp³-hybridized carbons (Fsp3) is 0.357. The number of thiophene rings is 1. The van der Waals surface area contributed by atoms with Gasteiger partial charge in [-0.25, -0.2) is 9.18 Å². The third-order valence-electron chi connectivity index (χ3n) is 6.36. The molecule has 0 bridgehead atoms. The molecule has 4 rings (SSSR count). The van der Waals surface area contributed by atoms with Crippen molar-refractivity contribution in [3.63, 3.8) is 0 Å². The molecule has 1 N–H and O–H groups in total. The number of carbonyl (C=O) groups excluding carboxylic acids is 2. The molecule has 3 amide bonds. The van der Waals surface area contributed by atoms with Gasteiger partial charge in [0.05, 0.1) is 6.54 Å². The van der Waals surface area contributed by atoms with E-state index in [0.717, 1.165) is 41.2 Å². The number of hydrogen-bond acceptors (Lipinski definition) is 4. The molecule has 9 heteroatoms. The second-order valence-corrected chi connectivity index (χ2v) is 11.1. The van der Waals surface area contributed by atoms with E-state index < -0.39 is 0 Å². The molecule has 3 aromatic rings. The normalized spacial score (nSPS) is 13.5. The molecular formula is C28H32ClFN4O2S. The number of nitrogens with one attached hydrogen (secondary N) is 1. The van der Waals surface area contributed by atoms with E-state index in [2.05, 4.69) is 10.2 Å². The van der Waals surface area contributed by atoms with E-state index in [1.165, 1.54) is 12.1 Å². The summed E-state index contributed by atoms with van der Waals surface area (Å²) in [5.74, 6) is -0.487. The molecular weight excluding hydrogens is 511 g/mol. The van der Waals surface area contributed by atoms with Gasteiger partial charge in [-0.05, 0) is 80.9 Å². The largest absolute Gasteiger partial charge is 0.332 e. The number of hydrogen-bond donors (Lipinski definition) is 1. The molecule has 2 heterocycles. The van der Waals surface area contributed by atoms with Crippen LogP contribution in [0.2, 0.25) is 5.02 Å². The minimum absolute atomic E-state index is 0.0637. The molecule has 0 spiro atoms. The van der Waals surface area contributed by atoms with Gasteiger partial charge in [0.2, 0.25) is 5.91 Å². The van der Waals surface area contributed by atoms with Gasteiger partial charge in [0.25, 0.3) is 0 Å². The summed E-state index contributed by atoms with van der Waals surface area (Å²) >= 11 is 7.73. The summed E-state index contributed by atoms with van der Waals surface area (Å²) < 4.78 is 13.5. The van der Waals surface area contributed by atoms with E-state index in [4.69, 9.17) is 11.6 Å². The maximum atomic E-state index is 13.6. The number of halogens is 2. The van der Waals surface area contributed by atoms with Crippen molar-refractivity contribution in [2.75, 3.05) is 38.0 Å². The standard InChI is InChI=1S/C28H32ClFN4O2S/c1-21-7-12-26(37-21)19-34(18-22-8-10-24(30)11-9-22)27(35)20-33(16-15-32-13-2-3-14-32)28(36)31-25-6-4-5-23(29)17-25/h4-12,17H,2-3,13-16,18-20H2,1H3,(H,31,36). The van der Waals surface area contributed by atoms with Crippen molar-refractivity contribution in [3.05, 3.63) is 86.8 Å². The zero-order chi connectivity index (χ0) is 26.2. The molecule has 0 saturated carbocycles. The van der Waals surface area contributed by atoms with Crippen LogP contribution in [-0.4, -0.2) is 59.4 Å². The van der Waals surface area contributed by atoms with Crippen LogP contribution in [0.15, 0.2) is 60.7 Å². The van der Waals surface area contributed by atoms with Crippen molar-refractivity contribution in [3.8, 4) is 0 Å². The number of aryl methyl sites for hydroxylation is 1. The fourth-order valence-corrected chi connectivity index (χ4v) is 5.45. The average molecular weight is 543 g/mol. The van der Waals surface area contributed by atoms with Crippen LogP contribution in [0.25, 0.3) is 0 Å². The maximum absolute atomic E-state index is 13.6. The first kappa shape index (κ1) is 27.1. The summed E-state index contributed by atoms with van der Waals surface area (Å²) in [6, 6.07) is 16.8. The summed E-state index contributed by atoms with van der Waals surface area (Å²) in [6.07, 6.45) is 2.30. The zero-order valence-corrected chi connectivity index (χ0v) is 22.5. The maximum Gasteiger partial charge on any atom is 0.322 e. The van der Waals surface area contributed by atoms with Gasteiger partial charge in [-0.2, -0.15) is 0 Å². The number of nitrogens with zero attached hydrogens (tertiary/aromatic N) is 3. The van der Waals surface area contributed by atoms with Crippen molar-refractivity contribution in [1.82, 2.24) is 14.7 Å². The number of urea groups is 1. The lowest BCUT2D eigenvalue weighted by Crippen LogP contribution is -2.46. The number of rotatable bonds is 10. The Balaban J connectivity index is 1.50. The van der Waals surface area contributed by atoms with Gasteiger partial charge in [0.1, 0.15) is 12.4 Å². The molecule has 1 aliphatic rings. The van der Waals surface area contributed by atoms with Gasteiger partial charge in [-0.1, -0.05) is 29.8 Å². The molecule has 37 heavy (non-hydrogen) atoms. The fourth-order valence-electron chi connectivity index (χ4n) is 4.35. The summed E-state index contributed by atoms with van der Waals surface area (Å²) in [6.45, 7) is 5.86. The Morgan fingerprint density at radius 2 is 1.78 bits per heavy atom. The van der Waals surface area contributed by atoms with Gasteiger partial charge in [-0.3, -0.25) is 4.79 Å². The van der Waals surface area contributed by atoms with Crippen LogP contribution < -0.4 is 5.32 Å². The van der Waals surface area contributed by atoms with Gasteiger partial charge in [-0.15, -0.1) is 11.3 Å². The minimum atomic E-state index is -0.344. The first-order chi connectivity index (χ1) is 17.9. The van der Waals surface area contributed by atoms with E-state index in [9.17, 15) is 14.0 Å². The summed E-state index contributed by atoms with van der Waals surface area (Å²) in [5, 5.41) is 3.41. The second kappa shape index (κ2) is 13.0. The molecule has 2 aromatic carbocycles. The van der Waals surface area contributed by atoms with Crippen LogP contribution in [0.3, 0.4) is 0 Å². The van der Waals surface area contributed by atoms with Crippen LogP contribution in [0.5, 0.6) is 0 Å². The SMILES string of the molecule is Cc1ccc(CN(Cc2ccc(F)cc2)C(=O)CN(CCN2CCCC2)C(=O)Nc2cccc(Cl)c2)s1. The topological polar surface area (TPSA) is 55.9 Å². The first-order valence-corrected chi connectivity index (χ1v) is 13.7. The third-order valence-corrected chi connectivity index (χ3v) is 7.58. The Labute approximate surface area is 226 Å². The van der Waals surface area contributed by atoms with E-state index in [0.29, 0.717) is 36.9 Å². The van der Waals surface area contributed by atoms with Crippen LogP contribution in [0.4, 0.5) is 14.9 Å². The highest BCUT2D eigenvalue weighted by molar-refractivity contribution is 7.11. The highest BCUT2D eigenvalue weighted by Gasteiger charge is 2.24. The molecule has 0 unspecified atom stereocenters.